The maximum absolute atomic E-state index is 5.69. The fourth-order valence-electron chi connectivity index (χ4n) is 4.36. The molecule has 186 valence electrons. The molecule has 35 heavy (non-hydrogen) atoms. The lowest BCUT2D eigenvalue weighted by Gasteiger charge is -2.16. The van der Waals surface area contributed by atoms with Crippen molar-refractivity contribution >= 4 is 0 Å². The Morgan fingerprint density at radius 3 is 1.69 bits per heavy atom. The van der Waals surface area contributed by atoms with Gasteiger partial charge in [-0.15, -0.1) is 0 Å². The van der Waals surface area contributed by atoms with Gasteiger partial charge in [-0.1, -0.05) is 6.07 Å². The first-order valence-corrected chi connectivity index (χ1v) is 11.5. The first-order chi connectivity index (χ1) is 17.1. The van der Waals surface area contributed by atoms with E-state index < -0.39 is 0 Å². The van der Waals surface area contributed by atoms with Crippen molar-refractivity contribution in [2.45, 2.75) is 25.7 Å². The minimum absolute atomic E-state index is 0.278. The molecule has 7 heteroatoms. The maximum Gasteiger partial charge on any atom is 0.231 e. The average Bonchev–Trinajstić information content (AvgIpc) is 3.37. The number of hydrogen-bond acceptors (Lipinski definition) is 7. The molecule has 0 atom stereocenters. The Morgan fingerprint density at radius 2 is 1.11 bits per heavy atom. The maximum atomic E-state index is 5.69. The lowest BCUT2D eigenvalue weighted by atomic mass is 9.97. The minimum atomic E-state index is 0.278. The van der Waals surface area contributed by atoms with Crippen LogP contribution in [-0.2, 0) is 25.7 Å². The smallest absolute Gasteiger partial charge is 0.231 e. The highest BCUT2D eigenvalue weighted by Gasteiger charge is 2.17. The first-order valence-electron chi connectivity index (χ1n) is 11.5. The number of fused-ring (bicyclic) bond motifs is 1. The molecule has 4 rings (SSSR count). The van der Waals surface area contributed by atoms with Crippen molar-refractivity contribution in [3.63, 3.8) is 0 Å². The molecule has 1 aliphatic rings. The second-order valence-corrected chi connectivity index (χ2v) is 8.20. The Bertz CT molecular complexity index is 1150. The molecule has 0 saturated carbocycles. The van der Waals surface area contributed by atoms with Gasteiger partial charge in [-0.25, -0.2) is 0 Å². The zero-order valence-electron chi connectivity index (χ0n) is 20.9. The molecule has 0 aromatic heterocycles. The van der Waals surface area contributed by atoms with Crippen LogP contribution in [0.15, 0.2) is 42.5 Å². The van der Waals surface area contributed by atoms with E-state index in [1.807, 2.05) is 30.3 Å². The van der Waals surface area contributed by atoms with Gasteiger partial charge in [-0.05, 0) is 78.3 Å². The SMILES string of the molecule is COc1cc(OC)c(CCc2cc(OC)c(OC)c(OC)c2)cc1CCc1ccc2c(c1)OCO2. The topological polar surface area (TPSA) is 64.6 Å². The van der Waals surface area contributed by atoms with E-state index in [2.05, 4.69) is 12.1 Å². The quantitative estimate of drug-likeness (QED) is 0.381. The Balaban J connectivity index is 1.54. The van der Waals surface area contributed by atoms with Gasteiger partial charge in [0.2, 0.25) is 12.5 Å². The number of benzene rings is 3. The van der Waals surface area contributed by atoms with E-state index in [-0.39, 0.29) is 6.79 Å². The Kier molecular flexibility index (Phi) is 7.75. The Morgan fingerprint density at radius 1 is 0.543 bits per heavy atom. The lowest BCUT2D eigenvalue weighted by molar-refractivity contribution is 0.174. The highest BCUT2D eigenvalue weighted by molar-refractivity contribution is 5.54. The van der Waals surface area contributed by atoms with Crippen molar-refractivity contribution in [2.24, 2.45) is 0 Å². The van der Waals surface area contributed by atoms with E-state index in [4.69, 9.17) is 33.2 Å². The van der Waals surface area contributed by atoms with Crippen molar-refractivity contribution in [1.82, 2.24) is 0 Å². The molecule has 0 unspecified atom stereocenters. The van der Waals surface area contributed by atoms with E-state index in [1.54, 1.807) is 35.5 Å². The minimum Gasteiger partial charge on any atom is -0.496 e. The van der Waals surface area contributed by atoms with Crippen molar-refractivity contribution in [3.8, 4) is 40.2 Å². The summed E-state index contributed by atoms with van der Waals surface area (Å²) in [7, 11) is 8.23. The fraction of sp³-hybridized carbons (Fsp3) is 0.357. The third kappa shape index (κ3) is 5.34. The summed E-state index contributed by atoms with van der Waals surface area (Å²) in [5.41, 5.74) is 4.51. The van der Waals surface area contributed by atoms with Gasteiger partial charge in [0.15, 0.2) is 23.0 Å². The Hall–Kier alpha value is -3.74. The summed E-state index contributed by atoms with van der Waals surface area (Å²) in [6, 6.07) is 14.2. The van der Waals surface area contributed by atoms with E-state index in [9.17, 15) is 0 Å². The van der Waals surface area contributed by atoms with E-state index in [0.29, 0.717) is 17.2 Å². The molecular formula is C28H32O7. The second kappa shape index (κ2) is 11.1. The van der Waals surface area contributed by atoms with Crippen molar-refractivity contribution in [3.05, 3.63) is 64.7 Å². The zero-order chi connectivity index (χ0) is 24.8. The highest BCUT2D eigenvalue weighted by Crippen LogP contribution is 2.39. The van der Waals surface area contributed by atoms with Crippen molar-refractivity contribution in [1.29, 1.82) is 0 Å². The van der Waals surface area contributed by atoms with E-state index >= 15 is 0 Å². The van der Waals surface area contributed by atoms with Crippen LogP contribution in [0.4, 0.5) is 0 Å². The van der Waals surface area contributed by atoms with Gasteiger partial charge in [0, 0.05) is 6.07 Å². The molecule has 0 N–H and O–H groups in total. The number of hydrogen-bond donors (Lipinski definition) is 0. The molecule has 1 heterocycles. The van der Waals surface area contributed by atoms with Gasteiger partial charge in [-0.2, -0.15) is 0 Å². The van der Waals surface area contributed by atoms with Gasteiger partial charge < -0.3 is 33.2 Å². The van der Waals surface area contributed by atoms with Gasteiger partial charge in [0.05, 0.1) is 35.5 Å². The number of rotatable bonds is 11. The summed E-state index contributed by atoms with van der Waals surface area (Å²) in [4.78, 5) is 0. The molecule has 0 saturated heterocycles. The van der Waals surface area contributed by atoms with Gasteiger partial charge in [0.25, 0.3) is 0 Å². The van der Waals surface area contributed by atoms with Gasteiger partial charge >= 0.3 is 0 Å². The lowest BCUT2D eigenvalue weighted by Crippen LogP contribution is -2.02. The van der Waals surface area contributed by atoms with Gasteiger partial charge in [-0.3, -0.25) is 0 Å². The standard InChI is InChI=1S/C28H32O7/c1-29-23-16-24(30-2)21(10-7-19-13-26(31-3)28(33-5)27(14-19)32-4)15-20(23)9-6-18-8-11-22-25(12-18)35-17-34-22/h8,11-16H,6-7,9-10,17H2,1-5H3. The summed E-state index contributed by atoms with van der Waals surface area (Å²) in [6.45, 7) is 0.278. The normalized spacial score (nSPS) is 11.8. The summed E-state index contributed by atoms with van der Waals surface area (Å²) in [5.74, 6) is 5.10. The molecule has 7 nitrogen and oxygen atoms in total. The van der Waals surface area contributed by atoms with Crippen LogP contribution in [0.3, 0.4) is 0 Å². The summed E-state index contributed by atoms with van der Waals surface area (Å²) in [6.07, 6.45) is 3.24. The molecule has 0 fully saturated rings. The molecule has 0 spiro atoms. The summed E-state index contributed by atoms with van der Waals surface area (Å²) < 4.78 is 38.8. The third-order valence-electron chi connectivity index (χ3n) is 6.21. The van der Waals surface area contributed by atoms with Crippen LogP contribution < -0.4 is 33.2 Å². The van der Waals surface area contributed by atoms with Gasteiger partial charge in [0.1, 0.15) is 11.5 Å². The Labute approximate surface area is 206 Å². The van der Waals surface area contributed by atoms with Crippen LogP contribution in [0.2, 0.25) is 0 Å². The zero-order valence-corrected chi connectivity index (χ0v) is 20.9. The first kappa shape index (κ1) is 24.4. The fourth-order valence-corrected chi connectivity index (χ4v) is 4.36. The predicted molar refractivity (Wildman–Crippen MR) is 133 cm³/mol. The summed E-state index contributed by atoms with van der Waals surface area (Å²) >= 11 is 0. The molecule has 0 bridgehead atoms. The van der Waals surface area contributed by atoms with Crippen LogP contribution in [0, 0.1) is 0 Å². The van der Waals surface area contributed by atoms with E-state index in [1.165, 1.54) is 5.56 Å². The molecular weight excluding hydrogens is 448 g/mol. The van der Waals surface area contributed by atoms with Crippen LogP contribution in [0.25, 0.3) is 0 Å². The molecule has 3 aromatic carbocycles. The monoisotopic (exact) mass is 480 g/mol. The molecule has 3 aromatic rings. The second-order valence-electron chi connectivity index (χ2n) is 8.20. The van der Waals surface area contributed by atoms with Crippen LogP contribution in [0.5, 0.6) is 40.2 Å². The largest absolute Gasteiger partial charge is 0.496 e. The number of methoxy groups -OCH3 is 5. The molecule has 0 amide bonds. The van der Waals surface area contributed by atoms with Crippen LogP contribution in [-0.4, -0.2) is 42.3 Å². The average molecular weight is 481 g/mol. The number of ether oxygens (including phenoxy) is 7. The summed E-state index contributed by atoms with van der Waals surface area (Å²) in [5, 5.41) is 0. The van der Waals surface area contributed by atoms with E-state index in [0.717, 1.165) is 65.4 Å². The van der Waals surface area contributed by atoms with Crippen LogP contribution >= 0.6 is 0 Å². The predicted octanol–water partition coefficient (Wildman–Crippen LogP) is 5.03. The van der Waals surface area contributed by atoms with Crippen molar-refractivity contribution in [2.75, 3.05) is 42.3 Å². The molecule has 0 radical (unpaired) electrons. The highest BCUT2D eigenvalue weighted by atomic mass is 16.7. The van der Waals surface area contributed by atoms with Crippen molar-refractivity contribution < 1.29 is 33.2 Å². The third-order valence-corrected chi connectivity index (χ3v) is 6.21. The van der Waals surface area contributed by atoms with Crippen LogP contribution in [0.1, 0.15) is 22.3 Å². The number of aryl methyl sites for hydroxylation is 4. The molecule has 1 aliphatic heterocycles. The molecule has 0 aliphatic carbocycles.